The van der Waals surface area contributed by atoms with Crippen molar-refractivity contribution in [1.29, 1.82) is 0 Å². The Morgan fingerprint density at radius 2 is 2.25 bits per heavy atom. The van der Waals surface area contributed by atoms with E-state index in [4.69, 9.17) is 22.5 Å². The molecule has 0 saturated heterocycles. The molecule has 1 rings (SSSR count). The highest BCUT2D eigenvalue weighted by Gasteiger charge is 2.07. The van der Waals surface area contributed by atoms with Gasteiger partial charge in [0, 0.05) is 5.02 Å². The Kier molecular flexibility index (Phi) is 2.52. The lowest BCUT2D eigenvalue weighted by molar-refractivity contribution is 0.212. The van der Waals surface area contributed by atoms with Crippen LogP contribution in [0, 0.1) is 0 Å². The predicted octanol–water partition coefficient (Wildman–Crippen LogP) is 1.61. The number of primary amides is 1. The summed E-state index contributed by atoms with van der Waals surface area (Å²) in [7, 11) is 0. The van der Waals surface area contributed by atoms with E-state index in [1.807, 2.05) is 0 Å². The lowest BCUT2D eigenvalue weighted by Gasteiger charge is -2.11. The predicted molar refractivity (Wildman–Crippen MR) is 45.3 cm³/mol. The number of hydroxylamine groups is 1. The summed E-state index contributed by atoms with van der Waals surface area (Å²) in [4.78, 5) is 10.5. The highest BCUT2D eigenvalue weighted by Crippen LogP contribution is 2.17. The standard InChI is InChI=1S/C7H7ClN2O2/c8-5-2-1-3-6(4-5)10(12)7(9)11/h1-4,12H,(H2,9,11). The fourth-order valence-electron chi connectivity index (χ4n) is 0.735. The second-order valence-electron chi connectivity index (χ2n) is 2.13. The number of nitrogens with zero attached hydrogens (tertiary/aromatic N) is 1. The van der Waals surface area contributed by atoms with Crippen molar-refractivity contribution in [3.63, 3.8) is 0 Å². The summed E-state index contributed by atoms with van der Waals surface area (Å²) in [5.41, 5.74) is 5.06. The second-order valence-corrected chi connectivity index (χ2v) is 2.57. The van der Waals surface area contributed by atoms with Crippen molar-refractivity contribution in [3.05, 3.63) is 29.3 Å². The molecule has 0 fully saturated rings. The monoisotopic (exact) mass is 186 g/mol. The topological polar surface area (TPSA) is 66.6 Å². The molecule has 0 aromatic heterocycles. The quantitative estimate of drug-likeness (QED) is 0.517. The Hall–Kier alpha value is -1.26. The van der Waals surface area contributed by atoms with Gasteiger partial charge in [-0.1, -0.05) is 17.7 Å². The molecule has 0 radical (unpaired) electrons. The highest BCUT2D eigenvalue weighted by atomic mass is 35.5. The van der Waals surface area contributed by atoms with E-state index in [0.29, 0.717) is 10.1 Å². The highest BCUT2D eigenvalue weighted by molar-refractivity contribution is 6.30. The van der Waals surface area contributed by atoms with Crippen molar-refractivity contribution in [1.82, 2.24) is 0 Å². The molecule has 0 saturated carbocycles. The summed E-state index contributed by atoms with van der Waals surface area (Å²) < 4.78 is 0. The number of carbonyl (C=O) groups is 1. The third-order valence-corrected chi connectivity index (χ3v) is 1.50. The number of nitrogens with two attached hydrogens (primary N) is 1. The Labute approximate surface area is 74.1 Å². The van der Waals surface area contributed by atoms with Gasteiger partial charge in [0.2, 0.25) is 0 Å². The number of halogens is 1. The minimum absolute atomic E-state index is 0.245. The SMILES string of the molecule is NC(=O)N(O)c1cccc(Cl)c1. The fraction of sp³-hybridized carbons (Fsp3) is 0. The zero-order valence-electron chi connectivity index (χ0n) is 6.07. The molecule has 1 aromatic carbocycles. The lowest BCUT2D eigenvalue weighted by Crippen LogP contribution is -2.32. The number of benzene rings is 1. The molecule has 0 aliphatic rings. The van der Waals surface area contributed by atoms with Crippen molar-refractivity contribution >= 4 is 23.3 Å². The van der Waals surface area contributed by atoms with Gasteiger partial charge in [0.05, 0.1) is 5.69 Å². The minimum atomic E-state index is -0.947. The van der Waals surface area contributed by atoms with Crippen LogP contribution in [0.5, 0.6) is 0 Å². The van der Waals surface area contributed by atoms with Gasteiger partial charge in [-0.15, -0.1) is 0 Å². The van der Waals surface area contributed by atoms with Crippen LogP contribution in [0.25, 0.3) is 0 Å². The van der Waals surface area contributed by atoms with Crippen LogP contribution in [-0.2, 0) is 0 Å². The summed E-state index contributed by atoms with van der Waals surface area (Å²) in [6, 6.07) is 5.21. The van der Waals surface area contributed by atoms with E-state index in [0.717, 1.165) is 0 Å². The van der Waals surface area contributed by atoms with Crippen molar-refractivity contribution in [2.45, 2.75) is 0 Å². The second kappa shape index (κ2) is 3.42. The van der Waals surface area contributed by atoms with Gasteiger partial charge < -0.3 is 5.73 Å². The molecular formula is C7H7ClN2O2. The van der Waals surface area contributed by atoms with Crippen LogP contribution < -0.4 is 10.8 Å². The molecule has 4 nitrogen and oxygen atoms in total. The van der Waals surface area contributed by atoms with Crippen LogP contribution in [0.1, 0.15) is 0 Å². The average Bonchev–Trinajstić information content (AvgIpc) is 2.03. The van der Waals surface area contributed by atoms with Gasteiger partial charge in [-0.3, -0.25) is 5.21 Å². The number of anilines is 1. The Morgan fingerprint density at radius 1 is 1.58 bits per heavy atom. The summed E-state index contributed by atoms with van der Waals surface area (Å²) in [6.07, 6.45) is 0. The number of carbonyl (C=O) groups excluding carboxylic acids is 1. The van der Waals surface area contributed by atoms with E-state index in [1.165, 1.54) is 12.1 Å². The van der Waals surface area contributed by atoms with E-state index in [1.54, 1.807) is 12.1 Å². The number of hydrogen-bond donors (Lipinski definition) is 2. The average molecular weight is 187 g/mol. The van der Waals surface area contributed by atoms with E-state index in [2.05, 4.69) is 0 Å². The van der Waals surface area contributed by atoms with Gasteiger partial charge in [0.1, 0.15) is 0 Å². The third-order valence-electron chi connectivity index (χ3n) is 1.26. The van der Waals surface area contributed by atoms with Crippen LogP contribution in [-0.4, -0.2) is 11.2 Å². The van der Waals surface area contributed by atoms with Crippen LogP contribution in [0.4, 0.5) is 10.5 Å². The molecule has 12 heavy (non-hydrogen) atoms. The summed E-state index contributed by atoms with van der Waals surface area (Å²) in [5.74, 6) is 0. The van der Waals surface area contributed by atoms with Gasteiger partial charge in [-0.05, 0) is 18.2 Å². The molecule has 0 unspecified atom stereocenters. The fourth-order valence-corrected chi connectivity index (χ4v) is 0.920. The Balaban J connectivity index is 2.95. The first kappa shape index (κ1) is 8.83. The zero-order valence-corrected chi connectivity index (χ0v) is 6.82. The largest absolute Gasteiger partial charge is 0.349 e. The Bertz CT molecular complexity index is 303. The maximum absolute atomic E-state index is 10.5. The van der Waals surface area contributed by atoms with Gasteiger partial charge in [-0.2, -0.15) is 5.06 Å². The van der Waals surface area contributed by atoms with E-state index < -0.39 is 6.03 Å². The zero-order chi connectivity index (χ0) is 9.14. The first-order valence-corrected chi connectivity index (χ1v) is 3.53. The molecule has 3 N–H and O–H groups in total. The normalized spacial score (nSPS) is 9.50. The maximum Gasteiger partial charge on any atom is 0.343 e. The molecule has 0 aliphatic carbocycles. The number of urea groups is 1. The number of amides is 2. The first-order chi connectivity index (χ1) is 5.61. The van der Waals surface area contributed by atoms with E-state index in [-0.39, 0.29) is 5.69 Å². The first-order valence-electron chi connectivity index (χ1n) is 3.15. The molecule has 0 heterocycles. The van der Waals surface area contributed by atoms with Crippen LogP contribution in [0.3, 0.4) is 0 Å². The van der Waals surface area contributed by atoms with Crippen molar-refractivity contribution in [2.24, 2.45) is 5.73 Å². The van der Waals surface area contributed by atoms with Gasteiger partial charge in [0.15, 0.2) is 0 Å². The summed E-state index contributed by atoms with van der Waals surface area (Å²) in [6.45, 7) is 0. The smallest absolute Gasteiger partial charge is 0.343 e. The number of hydrogen-bond acceptors (Lipinski definition) is 2. The molecule has 64 valence electrons. The van der Waals surface area contributed by atoms with Gasteiger partial charge >= 0.3 is 6.03 Å². The molecular weight excluding hydrogens is 180 g/mol. The summed E-state index contributed by atoms with van der Waals surface area (Å²) >= 11 is 5.60. The molecule has 0 atom stereocenters. The van der Waals surface area contributed by atoms with Gasteiger partial charge in [0.25, 0.3) is 0 Å². The molecule has 0 bridgehead atoms. The molecule has 0 aliphatic heterocycles. The van der Waals surface area contributed by atoms with Gasteiger partial charge in [-0.25, -0.2) is 4.79 Å². The van der Waals surface area contributed by atoms with Crippen LogP contribution in [0.15, 0.2) is 24.3 Å². The molecule has 2 amide bonds. The van der Waals surface area contributed by atoms with Crippen LogP contribution >= 0.6 is 11.6 Å². The van der Waals surface area contributed by atoms with Crippen molar-refractivity contribution in [2.75, 3.05) is 5.06 Å². The molecule has 5 heteroatoms. The number of rotatable bonds is 1. The maximum atomic E-state index is 10.5. The Morgan fingerprint density at radius 3 is 2.75 bits per heavy atom. The lowest BCUT2D eigenvalue weighted by atomic mass is 10.3. The molecule has 1 aromatic rings. The third kappa shape index (κ3) is 1.87. The van der Waals surface area contributed by atoms with E-state index in [9.17, 15) is 4.79 Å². The van der Waals surface area contributed by atoms with E-state index >= 15 is 0 Å². The van der Waals surface area contributed by atoms with Crippen molar-refractivity contribution in [3.8, 4) is 0 Å². The van der Waals surface area contributed by atoms with Crippen LogP contribution in [0.2, 0.25) is 5.02 Å². The molecule has 0 spiro atoms. The van der Waals surface area contributed by atoms with Crippen molar-refractivity contribution < 1.29 is 10.0 Å². The summed E-state index contributed by atoms with van der Waals surface area (Å²) in [5, 5.41) is 9.77. The minimum Gasteiger partial charge on any atom is -0.349 e.